The molecule has 3 N–H and O–H groups in total. The molecular weight excluding hydrogens is 360 g/mol. The summed E-state index contributed by atoms with van der Waals surface area (Å²) < 4.78 is 0.911. The second-order valence-corrected chi connectivity index (χ2v) is 6.05. The van der Waals surface area contributed by atoms with Gasteiger partial charge < -0.3 is 15.7 Å². The Balaban J connectivity index is 2.02. The van der Waals surface area contributed by atoms with Gasteiger partial charge in [-0.2, -0.15) is 0 Å². The number of nitrogens with one attached hydrogen (secondary N) is 2. The van der Waals surface area contributed by atoms with Gasteiger partial charge in [0.2, 0.25) is 0 Å². The van der Waals surface area contributed by atoms with E-state index >= 15 is 0 Å². The van der Waals surface area contributed by atoms with Gasteiger partial charge in [0.15, 0.2) is 0 Å². The minimum absolute atomic E-state index is 0.225. The number of carbonyl (C=O) groups excluding carboxylic acids is 1. The van der Waals surface area contributed by atoms with E-state index in [2.05, 4.69) is 26.6 Å². The number of benzene rings is 2. The van der Waals surface area contributed by atoms with E-state index in [1.54, 1.807) is 12.1 Å². The number of carbonyl (C=O) groups is 2. The summed E-state index contributed by atoms with van der Waals surface area (Å²) in [6.45, 7) is 1.86. The van der Waals surface area contributed by atoms with Crippen LogP contribution in [0.4, 0.5) is 10.5 Å². The molecule has 0 heterocycles. The van der Waals surface area contributed by atoms with E-state index in [4.69, 9.17) is 0 Å². The molecule has 6 heteroatoms. The molecule has 2 aromatic carbocycles. The number of urea groups is 1. The van der Waals surface area contributed by atoms with Crippen LogP contribution in [0.1, 0.15) is 11.1 Å². The van der Waals surface area contributed by atoms with E-state index in [0.717, 1.165) is 15.6 Å². The van der Waals surface area contributed by atoms with Gasteiger partial charge in [0.1, 0.15) is 6.04 Å². The maximum absolute atomic E-state index is 12.1. The van der Waals surface area contributed by atoms with Crippen molar-refractivity contribution in [1.82, 2.24) is 5.32 Å². The quantitative estimate of drug-likeness (QED) is 0.746. The summed E-state index contributed by atoms with van der Waals surface area (Å²) in [6, 6.07) is 13.1. The number of carboxylic acids is 1. The molecular formula is C17H17BrN2O3. The molecule has 0 fully saturated rings. The van der Waals surface area contributed by atoms with Crippen molar-refractivity contribution in [2.75, 3.05) is 5.32 Å². The normalized spacial score (nSPS) is 11.6. The summed E-state index contributed by atoms with van der Waals surface area (Å²) >= 11 is 3.35. The highest BCUT2D eigenvalue weighted by Gasteiger charge is 2.20. The third-order valence-electron chi connectivity index (χ3n) is 3.32. The maximum Gasteiger partial charge on any atom is 0.326 e. The fraction of sp³-hybridized carbons (Fsp3) is 0.176. The van der Waals surface area contributed by atoms with Crippen LogP contribution in [0.15, 0.2) is 53.0 Å². The lowest BCUT2D eigenvalue weighted by molar-refractivity contribution is -0.139. The van der Waals surface area contributed by atoms with Crippen LogP contribution >= 0.6 is 15.9 Å². The Hall–Kier alpha value is -2.34. The molecule has 0 saturated heterocycles. The topological polar surface area (TPSA) is 78.4 Å². The minimum Gasteiger partial charge on any atom is -0.480 e. The van der Waals surface area contributed by atoms with Crippen LogP contribution in [-0.4, -0.2) is 23.1 Å². The first-order valence-electron chi connectivity index (χ1n) is 7.06. The second-order valence-electron chi connectivity index (χ2n) is 5.14. The molecule has 120 valence electrons. The van der Waals surface area contributed by atoms with E-state index in [0.29, 0.717) is 5.69 Å². The predicted octanol–water partition coefficient (Wildman–Crippen LogP) is 3.57. The summed E-state index contributed by atoms with van der Waals surface area (Å²) in [4.78, 5) is 23.4. The average Bonchev–Trinajstić information content (AvgIpc) is 2.50. The van der Waals surface area contributed by atoms with E-state index in [9.17, 15) is 14.7 Å². The molecule has 0 aliphatic carbocycles. The van der Waals surface area contributed by atoms with Gasteiger partial charge in [-0.1, -0.05) is 46.3 Å². The van der Waals surface area contributed by atoms with E-state index in [1.165, 1.54) is 0 Å². The van der Waals surface area contributed by atoms with Crippen molar-refractivity contribution >= 4 is 33.6 Å². The van der Waals surface area contributed by atoms with Gasteiger partial charge in [-0.05, 0) is 36.2 Å². The molecule has 0 aliphatic rings. The Labute approximate surface area is 142 Å². The van der Waals surface area contributed by atoms with Gasteiger partial charge >= 0.3 is 12.0 Å². The maximum atomic E-state index is 12.1. The monoisotopic (exact) mass is 376 g/mol. The Morgan fingerprint density at radius 1 is 1.17 bits per heavy atom. The van der Waals surface area contributed by atoms with Crippen LogP contribution in [-0.2, 0) is 11.2 Å². The molecule has 0 bridgehead atoms. The third-order valence-corrected chi connectivity index (χ3v) is 3.82. The average molecular weight is 377 g/mol. The van der Waals surface area contributed by atoms with Gasteiger partial charge in [0.25, 0.3) is 0 Å². The standard InChI is InChI=1S/C17H17BrN2O3/c1-11-9-13(18)7-8-14(11)19-17(23)20-15(16(21)22)10-12-5-3-2-4-6-12/h2-9,15H,10H2,1H3,(H,21,22)(H2,19,20,23)/t15-/m0/s1. The summed E-state index contributed by atoms with van der Waals surface area (Å²) in [5, 5.41) is 14.5. The molecule has 0 spiro atoms. The zero-order valence-electron chi connectivity index (χ0n) is 12.5. The lowest BCUT2D eigenvalue weighted by atomic mass is 10.1. The summed E-state index contributed by atoms with van der Waals surface area (Å²) in [7, 11) is 0. The number of aryl methyl sites for hydroxylation is 1. The number of rotatable bonds is 5. The molecule has 0 aromatic heterocycles. The molecule has 5 nitrogen and oxygen atoms in total. The molecule has 2 aromatic rings. The largest absolute Gasteiger partial charge is 0.480 e. The van der Waals surface area contributed by atoms with E-state index in [-0.39, 0.29) is 6.42 Å². The number of carboxylic acid groups (broad SMARTS) is 1. The first-order chi connectivity index (χ1) is 11.0. The summed E-state index contributed by atoms with van der Waals surface area (Å²) in [6.07, 6.45) is 0.225. The minimum atomic E-state index is -1.07. The Kier molecular flexibility index (Phi) is 5.76. The van der Waals surface area contributed by atoms with Crippen LogP contribution in [0.5, 0.6) is 0 Å². The molecule has 0 aliphatic heterocycles. The lowest BCUT2D eigenvalue weighted by Gasteiger charge is -2.16. The highest BCUT2D eigenvalue weighted by atomic mass is 79.9. The van der Waals surface area contributed by atoms with Crippen LogP contribution in [0.25, 0.3) is 0 Å². The van der Waals surface area contributed by atoms with Crippen molar-refractivity contribution in [3.05, 3.63) is 64.1 Å². The SMILES string of the molecule is Cc1cc(Br)ccc1NC(=O)N[C@@H](Cc1ccccc1)C(=O)O. The Morgan fingerprint density at radius 3 is 2.48 bits per heavy atom. The van der Waals surface area contributed by atoms with Crippen LogP contribution < -0.4 is 10.6 Å². The number of anilines is 1. The van der Waals surface area contributed by atoms with Gasteiger partial charge in [-0.15, -0.1) is 0 Å². The Morgan fingerprint density at radius 2 is 1.87 bits per heavy atom. The zero-order valence-corrected chi connectivity index (χ0v) is 14.1. The molecule has 1 atom stereocenters. The fourth-order valence-electron chi connectivity index (χ4n) is 2.13. The predicted molar refractivity (Wildman–Crippen MR) is 92.6 cm³/mol. The second kappa shape index (κ2) is 7.78. The molecule has 2 rings (SSSR count). The van der Waals surface area contributed by atoms with Gasteiger partial charge in [0, 0.05) is 16.6 Å². The smallest absolute Gasteiger partial charge is 0.326 e. The lowest BCUT2D eigenvalue weighted by Crippen LogP contribution is -2.44. The van der Waals surface area contributed by atoms with E-state index < -0.39 is 18.0 Å². The summed E-state index contributed by atoms with van der Waals surface area (Å²) in [5.74, 6) is -1.07. The summed E-state index contributed by atoms with van der Waals surface area (Å²) in [5.41, 5.74) is 2.36. The van der Waals surface area contributed by atoms with Crippen LogP contribution in [0, 0.1) is 6.92 Å². The molecule has 2 amide bonds. The fourth-order valence-corrected chi connectivity index (χ4v) is 2.61. The van der Waals surface area contributed by atoms with Crippen molar-refractivity contribution in [3.63, 3.8) is 0 Å². The number of hydrogen-bond donors (Lipinski definition) is 3. The number of aliphatic carboxylic acids is 1. The number of amides is 2. The van der Waals surface area contributed by atoms with Gasteiger partial charge in [0.05, 0.1) is 0 Å². The number of halogens is 1. The first-order valence-corrected chi connectivity index (χ1v) is 7.85. The third kappa shape index (κ3) is 5.10. The van der Waals surface area contributed by atoms with E-state index in [1.807, 2.05) is 43.3 Å². The van der Waals surface area contributed by atoms with Crippen molar-refractivity contribution in [3.8, 4) is 0 Å². The van der Waals surface area contributed by atoms with Crippen LogP contribution in [0.3, 0.4) is 0 Å². The first kappa shape index (κ1) is 17.0. The molecule has 23 heavy (non-hydrogen) atoms. The molecule has 0 radical (unpaired) electrons. The van der Waals surface area contributed by atoms with Gasteiger partial charge in [-0.25, -0.2) is 9.59 Å². The highest BCUT2D eigenvalue weighted by Crippen LogP contribution is 2.19. The molecule has 0 unspecified atom stereocenters. The van der Waals surface area contributed by atoms with Crippen LogP contribution in [0.2, 0.25) is 0 Å². The van der Waals surface area contributed by atoms with Crippen molar-refractivity contribution in [1.29, 1.82) is 0 Å². The van der Waals surface area contributed by atoms with Crippen molar-refractivity contribution in [2.45, 2.75) is 19.4 Å². The Bertz CT molecular complexity index is 704. The number of hydrogen-bond acceptors (Lipinski definition) is 2. The van der Waals surface area contributed by atoms with Gasteiger partial charge in [-0.3, -0.25) is 0 Å². The zero-order chi connectivity index (χ0) is 16.8. The molecule has 0 saturated carbocycles. The highest BCUT2D eigenvalue weighted by molar-refractivity contribution is 9.10. The van der Waals surface area contributed by atoms with Crippen molar-refractivity contribution in [2.24, 2.45) is 0 Å². The van der Waals surface area contributed by atoms with Crippen molar-refractivity contribution < 1.29 is 14.7 Å².